The van der Waals surface area contributed by atoms with Crippen LogP contribution in [0.1, 0.15) is 11.1 Å². The zero-order valence-electron chi connectivity index (χ0n) is 10.5. The maximum atomic E-state index is 13.0. The number of nitrogens with two attached hydrogens (primary N) is 1. The fourth-order valence-electron chi connectivity index (χ4n) is 1.74. The molecule has 2 aromatic carbocycles. The number of benzene rings is 2. The number of nitrogen functional groups attached to an aromatic ring is 1. The van der Waals surface area contributed by atoms with Crippen molar-refractivity contribution >= 4 is 28.7 Å². The summed E-state index contributed by atoms with van der Waals surface area (Å²) in [6, 6.07) is 9.59. The van der Waals surface area contributed by atoms with Crippen molar-refractivity contribution in [3.8, 4) is 6.07 Å². The minimum atomic E-state index is -4.54. The van der Waals surface area contributed by atoms with Crippen LogP contribution < -0.4 is 11.1 Å². The average Bonchev–Trinajstić information content (AvgIpc) is 2.41. The lowest BCUT2D eigenvalue weighted by Gasteiger charge is -2.16. The fraction of sp³-hybridized carbons (Fsp3) is 0.0714. The van der Waals surface area contributed by atoms with E-state index in [0.717, 1.165) is 6.07 Å². The molecule has 7 heteroatoms. The second-order valence-corrected chi connectivity index (χ2v) is 4.64. The first-order valence-electron chi connectivity index (χ1n) is 5.74. The van der Waals surface area contributed by atoms with Crippen LogP contribution in [0.5, 0.6) is 0 Å². The summed E-state index contributed by atoms with van der Waals surface area (Å²) in [6.45, 7) is 0. The normalized spacial score (nSPS) is 11.0. The Kier molecular flexibility index (Phi) is 3.96. The highest BCUT2D eigenvalue weighted by atomic mass is 35.5. The lowest BCUT2D eigenvalue weighted by molar-refractivity contribution is -0.136. The third-order valence-electron chi connectivity index (χ3n) is 2.72. The molecular formula is C14H9ClF3N3. The van der Waals surface area contributed by atoms with Gasteiger partial charge in [0.2, 0.25) is 0 Å². The lowest BCUT2D eigenvalue weighted by Crippen LogP contribution is -2.09. The van der Waals surface area contributed by atoms with Gasteiger partial charge in [0.1, 0.15) is 0 Å². The minimum absolute atomic E-state index is 0.0128. The van der Waals surface area contributed by atoms with E-state index in [2.05, 4.69) is 5.32 Å². The van der Waals surface area contributed by atoms with Crippen LogP contribution in [-0.4, -0.2) is 0 Å². The molecule has 3 N–H and O–H groups in total. The molecule has 21 heavy (non-hydrogen) atoms. The Morgan fingerprint density at radius 2 is 1.76 bits per heavy atom. The second-order valence-electron chi connectivity index (χ2n) is 4.23. The van der Waals surface area contributed by atoms with Crippen LogP contribution in [0.3, 0.4) is 0 Å². The van der Waals surface area contributed by atoms with Gasteiger partial charge >= 0.3 is 6.18 Å². The number of alkyl halides is 3. The molecule has 2 aromatic rings. The van der Waals surface area contributed by atoms with E-state index in [4.69, 9.17) is 22.6 Å². The summed E-state index contributed by atoms with van der Waals surface area (Å²) >= 11 is 5.94. The van der Waals surface area contributed by atoms with Crippen molar-refractivity contribution < 1.29 is 13.2 Å². The van der Waals surface area contributed by atoms with Gasteiger partial charge in [0.25, 0.3) is 0 Å². The van der Waals surface area contributed by atoms with Gasteiger partial charge in [-0.05, 0) is 36.4 Å². The van der Waals surface area contributed by atoms with Crippen molar-refractivity contribution in [1.82, 2.24) is 0 Å². The number of nitrogens with one attached hydrogen (secondary N) is 1. The summed E-state index contributed by atoms with van der Waals surface area (Å²) in [5.74, 6) is 0. The molecule has 0 aliphatic heterocycles. The maximum Gasteiger partial charge on any atom is 0.418 e. The lowest BCUT2D eigenvalue weighted by atomic mass is 10.1. The van der Waals surface area contributed by atoms with Crippen LogP contribution >= 0.6 is 11.6 Å². The van der Waals surface area contributed by atoms with Gasteiger partial charge in [0.15, 0.2) is 0 Å². The molecule has 0 saturated heterocycles. The van der Waals surface area contributed by atoms with Crippen molar-refractivity contribution in [2.24, 2.45) is 0 Å². The summed E-state index contributed by atoms with van der Waals surface area (Å²) in [7, 11) is 0. The van der Waals surface area contributed by atoms with E-state index in [9.17, 15) is 13.2 Å². The summed E-state index contributed by atoms with van der Waals surface area (Å²) in [6.07, 6.45) is -4.54. The van der Waals surface area contributed by atoms with Crippen molar-refractivity contribution in [1.29, 1.82) is 5.26 Å². The first-order chi connectivity index (χ1) is 9.81. The molecule has 0 aliphatic rings. The third kappa shape index (κ3) is 3.38. The van der Waals surface area contributed by atoms with Crippen molar-refractivity contribution in [2.45, 2.75) is 6.18 Å². The molecule has 0 saturated carbocycles. The van der Waals surface area contributed by atoms with Crippen LogP contribution in [0.4, 0.5) is 30.2 Å². The van der Waals surface area contributed by atoms with Gasteiger partial charge in [-0.2, -0.15) is 18.4 Å². The molecule has 2 rings (SSSR count). The highest BCUT2D eigenvalue weighted by Gasteiger charge is 2.33. The molecule has 3 nitrogen and oxygen atoms in total. The highest BCUT2D eigenvalue weighted by molar-refractivity contribution is 6.33. The van der Waals surface area contributed by atoms with Gasteiger partial charge in [-0.15, -0.1) is 0 Å². The van der Waals surface area contributed by atoms with E-state index >= 15 is 0 Å². The zero-order chi connectivity index (χ0) is 15.6. The second kappa shape index (κ2) is 5.54. The van der Waals surface area contributed by atoms with Crippen molar-refractivity contribution in [2.75, 3.05) is 11.1 Å². The number of anilines is 3. The van der Waals surface area contributed by atoms with E-state index in [1.807, 2.05) is 6.07 Å². The van der Waals surface area contributed by atoms with Crippen LogP contribution in [0.25, 0.3) is 0 Å². The predicted octanol–water partition coefficient (Wildman–Crippen LogP) is 4.56. The van der Waals surface area contributed by atoms with Gasteiger partial charge in [0, 0.05) is 5.69 Å². The SMILES string of the molecule is N#Cc1ccc(Nc2ccc(N)cc2C(F)(F)F)c(Cl)c1. The molecule has 0 spiro atoms. The number of halogens is 4. The van der Waals surface area contributed by atoms with E-state index in [-0.39, 0.29) is 22.1 Å². The van der Waals surface area contributed by atoms with Crippen molar-refractivity contribution in [3.63, 3.8) is 0 Å². The quantitative estimate of drug-likeness (QED) is 0.799. The van der Waals surface area contributed by atoms with Crippen LogP contribution in [0.2, 0.25) is 5.02 Å². The van der Waals surface area contributed by atoms with Gasteiger partial charge in [-0.25, -0.2) is 0 Å². The van der Waals surface area contributed by atoms with Crippen LogP contribution in [0, 0.1) is 11.3 Å². The van der Waals surface area contributed by atoms with Crippen LogP contribution in [-0.2, 0) is 6.18 Å². The largest absolute Gasteiger partial charge is 0.418 e. The summed E-state index contributed by atoms with van der Waals surface area (Å²) in [5, 5.41) is 11.5. The third-order valence-corrected chi connectivity index (χ3v) is 3.03. The summed E-state index contributed by atoms with van der Waals surface area (Å²) in [5.41, 5.74) is 4.95. The fourth-order valence-corrected chi connectivity index (χ4v) is 1.96. The number of hydrogen-bond donors (Lipinski definition) is 2. The van der Waals surface area contributed by atoms with Gasteiger partial charge in [-0.3, -0.25) is 0 Å². The molecule has 0 amide bonds. The summed E-state index contributed by atoms with van der Waals surface area (Å²) < 4.78 is 38.9. The highest BCUT2D eigenvalue weighted by Crippen LogP contribution is 2.38. The monoisotopic (exact) mass is 311 g/mol. The molecule has 0 aromatic heterocycles. The standard InChI is InChI=1S/C14H9ClF3N3/c15-11-5-8(7-19)1-3-13(11)21-12-4-2-9(20)6-10(12)14(16,17)18/h1-6,21H,20H2. The maximum absolute atomic E-state index is 13.0. The summed E-state index contributed by atoms with van der Waals surface area (Å²) in [4.78, 5) is 0. The number of nitrogens with zero attached hydrogens (tertiary/aromatic N) is 1. The van der Waals surface area contributed by atoms with E-state index in [1.165, 1.54) is 30.3 Å². The molecule has 108 valence electrons. The first-order valence-corrected chi connectivity index (χ1v) is 6.12. The average molecular weight is 312 g/mol. The Hall–Kier alpha value is -2.39. The molecule has 0 heterocycles. The molecule has 0 fully saturated rings. The predicted molar refractivity (Wildman–Crippen MR) is 75.3 cm³/mol. The van der Waals surface area contributed by atoms with Gasteiger partial charge in [0.05, 0.1) is 33.6 Å². The zero-order valence-corrected chi connectivity index (χ0v) is 11.3. The first kappa shape index (κ1) is 15.0. The molecule has 0 aliphatic carbocycles. The Bertz CT molecular complexity index is 720. The number of nitriles is 1. The number of hydrogen-bond acceptors (Lipinski definition) is 3. The minimum Gasteiger partial charge on any atom is -0.399 e. The Balaban J connectivity index is 2.43. The van der Waals surface area contributed by atoms with Crippen molar-refractivity contribution in [3.05, 3.63) is 52.5 Å². The molecule has 0 bridgehead atoms. The van der Waals surface area contributed by atoms with E-state index in [1.54, 1.807) is 0 Å². The van der Waals surface area contributed by atoms with E-state index < -0.39 is 11.7 Å². The molecule has 0 unspecified atom stereocenters. The Morgan fingerprint density at radius 3 is 2.33 bits per heavy atom. The smallest absolute Gasteiger partial charge is 0.399 e. The molecule has 0 atom stereocenters. The topological polar surface area (TPSA) is 61.8 Å². The van der Waals surface area contributed by atoms with E-state index in [0.29, 0.717) is 5.56 Å². The Labute approximate surface area is 123 Å². The molecular weight excluding hydrogens is 303 g/mol. The van der Waals surface area contributed by atoms with Gasteiger partial charge in [-0.1, -0.05) is 11.6 Å². The van der Waals surface area contributed by atoms with Crippen LogP contribution in [0.15, 0.2) is 36.4 Å². The molecule has 0 radical (unpaired) electrons. The Morgan fingerprint density at radius 1 is 1.10 bits per heavy atom. The number of rotatable bonds is 2. The van der Waals surface area contributed by atoms with Gasteiger partial charge < -0.3 is 11.1 Å².